The highest BCUT2D eigenvalue weighted by molar-refractivity contribution is 6.38. The smallest absolute Gasteiger partial charge is 0.289 e. The van der Waals surface area contributed by atoms with Gasteiger partial charge < -0.3 is 20.9 Å². The molecule has 0 aliphatic heterocycles. The normalized spacial score (nSPS) is 12.2. The summed E-state index contributed by atoms with van der Waals surface area (Å²) in [5, 5.41) is 7.72. The van der Waals surface area contributed by atoms with Crippen LogP contribution in [0.1, 0.15) is 45.2 Å². The molecule has 2 aromatic rings. The number of carbonyl (C=O) groups is 5. The SMILES string of the molecule is CC(=O)NCC(=O)N(CCC(C)C)C(Cc1ccccc1)C(=O)NC(C)C(=O)C(=O)NCc1ccccc1. The first-order valence-corrected chi connectivity index (χ1v) is 12.8. The summed E-state index contributed by atoms with van der Waals surface area (Å²) in [6.45, 7) is 7.01. The molecule has 2 aromatic carbocycles. The highest BCUT2D eigenvalue weighted by atomic mass is 16.2. The second kappa shape index (κ2) is 15.3. The summed E-state index contributed by atoms with van der Waals surface area (Å²) in [5.74, 6) is -2.64. The fourth-order valence-corrected chi connectivity index (χ4v) is 3.77. The molecule has 0 radical (unpaired) electrons. The van der Waals surface area contributed by atoms with E-state index in [1.54, 1.807) is 0 Å². The molecule has 0 saturated carbocycles. The van der Waals surface area contributed by atoms with E-state index in [2.05, 4.69) is 16.0 Å². The molecule has 0 fully saturated rings. The first-order chi connectivity index (χ1) is 18.1. The monoisotopic (exact) mass is 522 g/mol. The summed E-state index contributed by atoms with van der Waals surface area (Å²) >= 11 is 0. The van der Waals surface area contributed by atoms with Crippen LogP contribution in [0.25, 0.3) is 0 Å². The number of hydrogen-bond donors (Lipinski definition) is 3. The van der Waals surface area contributed by atoms with Crippen LogP contribution in [-0.4, -0.2) is 59.5 Å². The molecule has 38 heavy (non-hydrogen) atoms. The second-order valence-electron chi connectivity index (χ2n) is 9.65. The number of benzene rings is 2. The molecular weight excluding hydrogens is 484 g/mol. The molecule has 0 saturated heterocycles. The third kappa shape index (κ3) is 10.2. The molecule has 2 unspecified atom stereocenters. The van der Waals surface area contributed by atoms with Crippen LogP contribution in [0.5, 0.6) is 0 Å². The Labute approximate surface area is 224 Å². The third-order valence-corrected chi connectivity index (χ3v) is 5.98. The van der Waals surface area contributed by atoms with Crippen LogP contribution in [0.4, 0.5) is 0 Å². The second-order valence-corrected chi connectivity index (χ2v) is 9.65. The van der Waals surface area contributed by atoms with E-state index in [-0.39, 0.29) is 31.3 Å². The molecule has 0 bridgehead atoms. The van der Waals surface area contributed by atoms with E-state index in [4.69, 9.17) is 0 Å². The lowest BCUT2D eigenvalue weighted by atomic mass is 10.0. The van der Waals surface area contributed by atoms with Crippen molar-refractivity contribution in [3.8, 4) is 0 Å². The molecular formula is C29H38N4O5. The van der Waals surface area contributed by atoms with Gasteiger partial charge in [0.15, 0.2) is 0 Å². The summed E-state index contributed by atoms with van der Waals surface area (Å²) in [6, 6.07) is 16.4. The summed E-state index contributed by atoms with van der Waals surface area (Å²) in [4.78, 5) is 64.7. The molecule has 3 N–H and O–H groups in total. The van der Waals surface area contributed by atoms with Crippen molar-refractivity contribution in [2.24, 2.45) is 5.92 Å². The Hall–Kier alpha value is -4.01. The van der Waals surface area contributed by atoms with Crippen molar-refractivity contribution >= 4 is 29.4 Å². The molecule has 0 spiro atoms. The van der Waals surface area contributed by atoms with E-state index < -0.39 is 35.6 Å². The van der Waals surface area contributed by atoms with Gasteiger partial charge in [-0.3, -0.25) is 24.0 Å². The minimum atomic E-state index is -1.10. The predicted octanol–water partition coefficient (Wildman–Crippen LogP) is 2.00. The van der Waals surface area contributed by atoms with E-state index in [0.29, 0.717) is 13.0 Å². The van der Waals surface area contributed by atoms with Crippen molar-refractivity contribution < 1.29 is 24.0 Å². The van der Waals surface area contributed by atoms with Crippen LogP contribution in [0.3, 0.4) is 0 Å². The van der Waals surface area contributed by atoms with Crippen molar-refractivity contribution in [3.63, 3.8) is 0 Å². The zero-order chi connectivity index (χ0) is 28.1. The van der Waals surface area contributed by atoms with Gasteiger partial charge in [0.1, 0.15) is 6.04 Å². The Morgan fingerprint density at radius 2 is 1.39 bits per heavy atom. The number of Topliss-reactive ketones (excluding diaryl/α,β-unsaturated/α-hetero) is 1. The van der Waals surface area contributed by atoms with Gasteiger partial charge in [-0.05, 0) is 30.4 Å². The number of hydrogen-bond acceptors (Lipinski definition) is 5. The summed E-state index contributed by atoms with van der Waals surface area (Å²) < 4.78 is 0. The van der Waals surface area contributed by atoms with E-state index >= 15 is 0 Å². The topological polar surface area (TPSA) is 125 Å². The molecule has 0 aliphatic carbocycles. The van der Waals surface area contributed by atoms with Gasteiger partial charge >= 0.3 is 0 Å². The van der Waals surface area contributed by atoms with Crippen molar-refractivity contribution in [1.29, 1.82) is 0 Å². The van der Waals surface area contributed by atoms with Crippen molar-refractivity contribution in [2.75, 3.05) is 13.1 Å². The standard InChI is InChI=1S/C29H38N4O5/c1-20(2)15-16-33(26(35)19-30-22(4)34)25(17-23-11-7-5-8-12-23)28(37)32-21(3)27(36)29(38)31-18-24-13-9-6-10-14-24/h5-14,20-21,25H,15-19H2,1-4H3,(H,30,34)(H,31,38)(H,32,37). The van der Waals surface area contributed by atoms with Gasteiger partial charge in [0.25, 0.3) is 5.91 Å². The predicted molar refractivity (Wildman–Crippen MR) is 145 cm³/mol. The molecule has 2 atom stereocenters. The maximum atomic E-state index is 13.5. The fourth-order valence-electron chi connectivity index (χ4n) is 3.77. The fraction of sp³-hybridized carbons (Fsp3) is 0.414. The van der Waals surface area contributed by atoms with Gasteiger partial charge in [-0.1, -0.05) is 74.5 Å². The maximum Gasteiger partial charge on any atom is 0.289 e. The summed E-state index contributed by atoms with van der Waals surface area (Å²) in [7, 11) is 0. The van der Waals surface area contributed by atoms with Gasteiger partial charge in [-0.2, -0.15) is 0 Å². The van der Waals surface area contributed by atoms with Crippen LogP contribution in [0.15, 0.2) is 60.7 Å². The molecule has 9 heteroatoms. The lowest BCUT2D eigenvalue weighted by Gasteiger charge is -2.32. The molecule has 204 valence electrons. The van der Waals surface area contributed by atoms with Crippen LogP contribution < -0.4 is 16.0 Å². The maximum absolute atomic E-state index is 13.5. The van der Waals surface area contributed by atoms with Gasteiger partial charge in [-0.25, -0.2) is 0 Å². The highest BCUT2D eigenvalue weighted by Crippen LogP contribution is 2.14. The lowest BCUT2D eigenvalue weighted by Crippen LogP contribution is -2.56. The molecule has 9 nitrogen and oxygen atoms in total. The highest BCUT2D eigenvalue weighted by Gasteiger charge is 2.32. The van der Waals surface area contributed by atoms with Crippen LogP contribution in [0.2, 0.25) is 0 Å². The van der Waals surface area contributed by atoms with Crippen LogP contribution >= 0.6 is 0 Å². The molecule has 0 aliphatic rings. The van der Waals surface area contributed by atoms with E-state index in [0.717, 1.165) is 11.1 Å². The summed E-state index contributed by atoms with van der Waals surface area (Å²) in [6.07, 6.45) is 0.846. The quantitative estimate of drug-likeness (QED) is 0.327. The number of ketones is 1. The average Bonchev–Trinajstić information content (AvgIpc) is 2.90. The first kappa shape index (κ1) is 30.2. The van der Waals surface area contributed by atoms with Crippen molar-refractivity contribution in [3.05, 3.63) is 71.8 Å². The van der Waals surface area contributed by atoms with Gasteiger partial charge in [-0.15, -0.1) is 0 Å². The number of nitrogens with zero attached hydrogens (tertiary/aromatic N) is 1. The molecule has 2 rings (SSSR count). The zero-order valence-corrected chi connectivity index (χ0v) is 22.5. The van der Waals surface area contributed by atoms with E-state index in [1.165, 1.54) is 18.7 Å². The van der Waals surface area contributed by atoms with Gasteiger partial charge in [0.05, 0.1) is 12.6 Å². The Balaban J connectivity index is 2.19. The minimum absolute atomic E-state index is 0.184. The van der Waals surface area contributed by atoms with Gasteiger partial charge in [0.2, 0.25) is 23.5 Å². The zero-order valence-electron chi connectivity index (χ0n) is 22.5. The number of rotatable bonds is 14. The average molecular weight is 523 g/mol. The first-order valence-electron chi connectivity index (χ1n) is 12.8. The van der Waals surface area contributed by atoms with Crippen molar-refractivity contribution in [1.82, 2.24) is 20.9 Å². The van der Waals surface area contributed by atoms with Crippen molar-refractivity contribution in [2.45, 2.75) is 59.2 Å². The number of nitrogens with one attached hydrogen (secondary N) is 3. The summed E-state index contributed by atoms with van der Waals surface area (Å²) in [5.41, 5.74) is 1.67. The van der Waals surface area contributed by atoms with E-state index in [1.807, 2.05) is 74.5 Å². The minimum Gasteiger partial charge on any atom is -0.347 e. The number of amides is 4. The third-order valence-electron chi connectivity index (χ3n) is 5.98. The molecule has 0 heterocycles. The van der Waals surface area contributed by atoms with E-state index in [9.17, 15) is 24.0 Å². The largest absolute Gasteiger partial charge is 0.347 e. The molecule has 0 aromatic heterocycles. The molecule has 4 amide bonds. The van der Waals surface area contributed by atoms with Crippen LogP contribution in [0, 0.1) is 5.92 Å². The Morgan fingerprint density at radius 1 is 0.816 bits per heavy atom. The van der Waals surface area contributed by atoms with Crippen LogP contribution in [-0.2, 0) is 36.9 Å². The lowest BCUT2D eigenvalue weighted by molar-refractivity contribution is -0.143. The Bertz CT molecular complexity index is 1090. The van der Waals surface area contributed by atoms with Gasteiger partial charge in [0, 0.05) is 26.4 Å². The number of carbonyl (C=O) groups excluding carboxylic acids is 5. The Kier molecular flexibility index (Phi) is 12.2. The Morgan fingerprint density at radius 3 is 1.95 bits per heavy atom.